The molecule has 0 aliphatic heterocycles. The Balaban J connectivity index is 1.48. The van der Waals surface area contributed by atoms with Crippen molar-refractivity contribution in [1.29, 1.82) is 0 Å². The average molecular weight is 509 g/mol. The van der Waals surface area contributed by atoms with Crippen molar-refractivity contribution in [3.63, 3.8) is 0 Å². The lowest BCUT2D eigenvalue weighted by Crippen LogP contribution is -2.14. The van der Waals surface area contributed by atoms with Gasteiger partial charge in [0.2, 0.25) is 5.91 Å². The van der Waals surface area contributed by atoms with Gasteiger partial charge in [0.1, 0.15) is 12.4 Å². The van der Waals surface area contributed by atoms with Crippen molar-refractivity contribution in [2.45, 2.75) is 18.7 Å². The zero-order chi connectivity index (χ0) is 22.3. The maximum absolute atomic E-state index is 12.4. The van der Waals surface area contributed by atoms with E-state index in [1.165, 1.54) is 17.3 Å². The first-order valence-electron chi connectivity index (χ1n) is 9.96. The van der Waals surface area contributed by atoms with E-state index in [2.05, 4.69) is 31.4 Å². The van der Waals surface area contributed by atoms with Gasteiger partial charge in [-0.15, -0.1) is 10.2 Å². The minimum Gasteiger partial charge on any atom is -0.486 e. The lowest BCUT2D eigenvalue weighted by Gasteiger charge is -2.11. The van der Waals surface area contributed by atoms with E-state index in [-0.39, 0.29) is 18.3 Å². The fourth-order valence-electron chi connectivity index (χ4n) is 2.97. The zero-order valence-corrected chi connectivity index (χ0v) is 19.8. The van der Waals surface area contributed by atoms with Crippen LogP contribution in [0, 0.1) is 6.92 Å². The Kier molecular flexibility index (Phi) is 7.24. The van der Waals surface area contributed by atoms with E-state index in [1.54, 1.807) is 0 Å². The molecule has 1 heterocycles. The number of anilines is 1. The van der Waals surface area contributed by atoms with Crippen LogP contribution in [-0.2, 0) is 11.4 Å². The fraction of sp³-hybridized carbons (Fsp3) is 0.125. The predicted molar refractivity (Wildman–Crippen MR) is 130 cm³/mol. The number of hydrogen-bond acceptors (Lipinski definition) is 5. The molecule has 0 aliphatic carbocycles. The predicted octanol–water partition coefficient (Wildman–Crippen LogP) is 5.65. The molecule has 162 valence electrons. The largest absolute Gasteiger partial charge is 0.486 e. The number of thioether (sulfide) groups is 1. The Hall–Kier alpha value is -3.10. The highest BCUT2D eigenvalue weighted by molar-refractivity contribution is 9.10. The molecule has 4 aromatic rings. The highest BCUT2D eigenvalue weighted by Crippen LogP contribution is 2.24. The molecule has 1 amide bonds. The van der Waals surface area contributed by atoms with Crippen LogP contribution in [0.4, 0.5) is 5.69 Å². The number of nitrogens with one attached hydrogen (secondary N) is 1. The fourth-order valence-corrected chi connectivity index (χ4v) is 4.00. The third-order valence-corrected chi connectivity index (χ3v) is 6.02. The van der Waals surface area contributed by atoms with Crippen LogP contribution in [0.5, 0.6) is 5.75 Å². The molecule has 0 fully saturated rings. The number of carbonyl (C=O) groups is 1. The molecule has 0 unspecified atom stereocenters. The van der Waals surface area contributed by atoms with Crippen LogP contribution in [0.25, 0.3) is 5.69 Å². The normalized spacial score (nSPS) is 10.7. The smallest absolute Gasteiger partial charge is 0.234 e. The zero-order valence-electron chi connectivity index (χ0n) is 17.4. The number of aryl methyl sites for hydroxylation is 1. The van der Waals surface area contributed by atoms with Crippen LogP contribution >= 0.6 is 27.7 Å². The minimum absolute atomic E-state index is 0.114. The average Bonchev–Trinajstić information content (AvgIpc) is 3.22. The Morgan fingerprint density at radius 2 is 1.72 bits per heavy atom. The summed E-state index contributed by atoms with van der Waals surface area (Å²) in [5, 5.41) is 12.2. The number of ether oxygens (including phenoxy) is 1. The van der Waals surface area contributed by atoms with E-state index in [4.69, 9.17) is 4.74 Å². The van der Waals surface area contributed by atoms with Gasteiger partial charge in [0.25, 0.3) is 0 Å². The number of hydrogen-bond donors (Lipinski definition) is 1. The summed E-state index contributed by atoms with van der Waals surface area (Å²) >= 11 is 4.72. The van der Waals surface area contributed by atoms with Gasteiger partial charge in [-0.25, -0.2) is 0 Å². The second-order valence-electron chi connectivity index (χ2n) is 7.02. The van der Waals surface area contributed by atoms with Crippen molar-refractivity contribution in [3.8, 4) is 11.4 Å². The molecule has 0 bridgehead atoms. The van der Waals surface area contributed by atoms with E-state index in [0.717, 1.165) is 21.6 Å². The first-order valence-corrected chi connectivity index (χ1v) is 11.7. The molecule has 3 aromatic carbocycles. The maximum atomic E-state index is 12.4. The molecule has 0 aliphatic rings. The van der Waals surface area contributed by atoms with Gasteiger partial charge in [-0.2, -0.15) is 0 Å². The van der Waals surface area contributed by atoms with Gasteiger partial charge in [0.15, 0.2) is 11.0 Å². The van der Waals surface area contributed by atoms with Gasteiger partial charge in [0, 0.05) is 15.8 Å². The highest BCUT2D eigenvalue weighted by atomic mass is 79.9. The second-order valence-corrected chi connectivity index (χ2v) is 8.87. The van der Waals surface area contributed by atoms with E-state index in [0.29, 0.717) is 11.0 Å². The summed E-state index contributed by atoms with van der Waals surface area (Å²) in [6.07, 6.45) is 0. The van der Waals surface area contributed by atoms with Crippen LogP contribution < -0.4 is 10.1 Å². The number of halogens is 1. The molecule has 4 rings (SSSR count). The van der Waals surface area contributed by atoms with Gasteiger partial charge in [0.05, 0.1) is 5.75 Å². The summed E-state index contributed by atoms with van der Waals surface area (Å²) in [5.74, 6) is 1.52. The molecule has 0 saturated carbocycles. The third kappa shape index (κ3) is 5.77. The molecule has 1 aromatic heterocycles. The van der Waals surface area contributed by atoms with E-state index in [9.17, 15) is 4.79 Å². The first-order chi connectivity index (χ1) is 15.6. The summed E-state index contributed by atoms with van der Waals surface area (Å²) in [6.45, 7) is 2.29. The molecule has 8 heteroatoms. The number of carbonyl (C=O) groups excluding carboxylic acids is 1. The first kappa shape index (κ1) is 22.1. The van der Waals surface area contributed by atoms with E-state index < -0.39 is 0 Å². The van der Waals surface area contributed by atoms with Crippen molar-refractivity contribution in [1.82, 2.24) is 14.8 Å². The van der Waals surface area contributed by atoms with Crippen molar-refractivity contribution in [3.05, 3.63) is 94.7 Å². The Labute approximate surface area is 199 Å². The SMILES string of the molecule is Cc1ccc(OCc2nnc(SCC(=O)Nc3ccc(Br)cc3)n2-c2ccccc2)cc1. The van der Waals surface area contributed by atoms with Crippen molar-refractivity contribution in [2.75, 3.05) is 11.1 Å². The van der Waals surface area contributed by atoms with Crippen LogP contribution in [-0.4, -0.2) is 26.4 Å². The number of aromatic nitrogens is 3. The topological polar surface area (TPSA) is 69.0 Å². The summed E-state index contributed by atoms with van der Waals surface area (Å²) in [4.78, 5) is 12.4. The molecule has 0 atom stereocenters. The summed E-state index contributed by atoms with van der Waals surface area (Å²) < 4.78 is 8.80. The summed E-state index contributed by atoms with van der Waals surface area (Å²) in [6, 6.07) is 25.1. The van der Waals surface area contributed by atoms with Crippen molar-refractivity contribution in [2.24, 2.45) is 0 Å². The third-order valence-electron chi connectivity index (χ3n) is 4.56. The molecule has 0 radical (unpaired) electrons. The molecular formula is C24H21BrN4O2S. The van der Waals surface area contributed by atoms with Gasteiger partial charge < -0.3 is 10.1 Å². The summed E-state index contributed by atoms with van der Waals surface area (Å²) in [5.41, 5.74) is 2.83. The molecule has 0 saturated heterocycles. The quantitative estimate of drug-likeness (QED) is 0.311. The maximum Gasteiger partial charge on any atom is 0.234 e. The summed E-state index contributed by atoms with van der Waals surface area (Å²) in [7, 11) is 0. The van der Waals surface area contributed by atoms with Gasteiger partial charge >= 0.3 is 0 Å². The van der Waals surface area contributed by atoms with E-state index in [1.807, 2.05) is 90.4 Å². The standard InChI is InChI=1S/C24H21BrN4O2S/c1-17-7-13-21(14-8-17)31-15-22-27-28-24(29(22)20-5-3-2-4-6-20)32-16-23(30)26-19-11-9-18(25)10-12-19/h2-14H,15-16H2,1H3,(H,26,30). The van der Waals surface area contributed by atoms with Gasteiger partial charge in [-0.1, -0.05) is 63.6 Å². The molecule has 1 N–H and O–H groups in total. The van der Waals surface area contributed by atoms with Crippen molar-refractivity contribution >= 4 is 39.3 Å². The van der Waals surface area contributed by atoms with Crippen LogP contribution in [0.2, 0.25) is 0 Å². The minimum atomic E-state index is -0.114. The molecule has 0 spiro atoms. The van der Waals surface area contributed by atoms with Crippen LogP contribution in [0.15, 0.2) is 88.5 Å². The van der Waals surface area contributed by atoms with Crippen LogP contribution in [0.3, 0.4) is 0 Å². The number of para-hydroxylation sites is 1. The molecular weight excluding hydrogens is 488 g/mol. The lowest BCUT2D eigenvalue weighted by molar-refractivity contribution is -0.113. The lowest BCUT2D eigenvalue weighted by atomic mass is 10.2. The number of amides is 1. The van der Waals surface area contributed by atoms with Crippen LogP contribution in [0.1, 0.15) is 11.4 Å². The Morgan fingerprint density at radius 3 is 2.44 bits per heavy atom. The Bertz CT molecular complexity index is 1180. The number of benzene rings is 3. The highest BCUT2D eigenvalue weighted by Gasteiger charge is 2.16. The molecule has 6 nitrogen and oxygen atoms in total. The van der Waals surface area contributed by atoms with Gasteiger partial charge in [-0.05, 0) is 55.5 Å². The Morgan fingerprint density at radius 1 is 1.00 bits per heavy atom. The number of nitrogens with zero attached hydrogens (tertiary/aromatic N) is 3. The second kappa shape index (κ2) is 10.5. The van der Waals surface area contributed by atoms with Crippen molar-refractivity contribution < 1.29 is 9.53 Å². The monoisotopic (exact) mass is 508 g/mol. The molecule has 32 heavy (non-hydrogen) atoms. The van der Waals surface area contributed by atoms with Gasteiger partial charge in [-0.3, -0.25) is 9.36 Å². The van der Waals surface area contributed by atoms with E-state index >= 15 is 0 Å². The number of rotatable bonds is 8.